The minimum atomic E-state index is -3.83. The number of hydrogen-bond acceptors (Lipinski definition) is 5. The van der Waals surface area contributed by atoms with Gasteiger partial charge in [-0.2, -0.15) is 4.31 Å². The number of hydrogen-bond donors (Lipinski definition) is 1. The number of aromatic nitrogens is 1. The van der Waals surface area contributed by atoms with Crippen molar-refractivity contribution in [1.82, 2.24) is 14.6 Å². The molecule has 1 aromatic heterocycles. The van der Waals surface area contributed by atoms with Crippen molar-refractivity contribution in [3.05, 3.63) is 61.3 Å². The summed E-state index contributed by atoms with van der Waals surface area (Å²) in [6.07, 6.45) is 3.30. The third-order valence-corrected chi connectivity index (χ3v) is 7.67. The average Bonchev–Trinajstić information content (AvgIpc) is 2.86. The number of carbonyl (C=O) groups excluding carboxylic acids is 1. The monoisotopic (exact) mass is 429 g/mol. The predicted octanol–water partition coefficient (Wildman–Crippen LogP) is 3.50. The fourth-order valence-corrected chi connectivity index (χ4v) is 6.32. The molecule has 1 unspecified atom stereocenters. The van der Waals surface area contributed by atoms with Gasteiger partial charge < -0.3 is 10.1 Å². The second kappa shape index (κ2) is 7.85. The molecular weight excluding hydrogens is 402 g/mol. The SMILES string of the molecule is C=CC(=O)NC1CC(C)(C)N(S(=O)(=O)c2ccc(Oc3ccccn3)cc2)C1(C)C. The van der Waals surface area contributed by atoms with Crippen molar-refractivity contribution in [3.8, 4) is 11.6 Å². The summed E-state index contributed by atoms with van der Waals surface area (Å²) in [4.78, 5) is 16.1. The van der Waals surface area contributed by atoms with Crippen LogP contribution in [0.2, 0.25) is 0 Å². The first kappa shape index (κ1) is 22.0. The van der Waals surface area contributed by atoms with Gasteiger partial charge >= 0.3 is 0 Å². The van der Waals surface area contributed by atoms with Crippen LogP contribution in [0.3, 0.4) is 0 Å². The average molecular weight is 430 g/mol. The zero-order chi connectivity index (χ0) is 22.2. The number of nitrogens with zero attached hydrogens (tertiary/aromatic N) is 2. The van der Waals surface area contributed by atoms with Crippen LogP contribution in [0.15, 0.2) is 66.2 Å². The quantitative estimate of drug-likeness (QED) is 0.710. The number of benzene rings is 1. The lowest BCUT2D eigenvalue weighted by molar-refractivity contribution is -0.117. The van der Waals surface area contributed by atoms with Gasteiger partial charge in [0.25, 0.3) is 0 Å². The lowest BCUT2D eigenvalue weighted by Gasteiger charge is -2.40. The van der Waals surface area contributed by atoms with Gasteiger partial charge in [0, 0.05) is 23.8 Å². The molecule has 0 radical (unpaired) electrons. The number of carbonyl (C=O) groups is 1. The lowest BCUT2D eigenvalue weighted by atomic mass is 9.94. The summed E-state index contributed by atoms with van der Waals surface area (Å²) in [6, 6.07) is 11.2. The Balaban J connectivity index is 1.89. The fourth-order valence-electron chi connectivity index (χ4n) is 4.16. The van der Waals surface area contributed by atoms with E-state index in [1.54, 1.807) is 36.5 Å². The first-order valence-electron chi connectivity index (χ1n) is 9.66. The third-order valence-electron chi connectivity index (χ3n) is 5.35. The van der Waals surface area contributed by atoms with Gasteiger partial charge in [-0.25, -0.2) is 13.4 Å². The fraction of sp³-hybridized carbons (Fsp3) is 0.364. The van der Waals surface area contributed by atoms with Crippen molar-refractivity contribution in [2.75, 3.05) is 0 Å². The summed E-state index contributed by atoms with van der Waals surface area (Å²) in [5.41, 5.74) is -1.52. The van der Waals surface area contributed by atoms with Crippen LogP contribution in [0.1, 0.15) is 34.1 Å². The molecular formula is C22H27N3O4S. The third kappa shape index (κ3) is 4.11. The van der Waals surface area contributed by atoms with Gasteiger partial charge in [0.15, 0.2) is 0 Å². The van der Waals surface area contributed by atoms with E-state index >= 15 is 0 Å². The molecule has 0 bridgehead atoms. The van der Waals surface area contributed by atoms with Crippen LogP contribution >= 0.6 is 0 Å². The molecule has 0 spiro atoms. The normalized spacial score (nSPS) is 20.5. The molecule has 30 heavy (non-hydrogen) atoms. The van der Waals surface area contributed by atoms with Gasteiger partial charge in [-0.05, 0) is 70.5 Å². The second-order valence-electron chi connectivity index (χ2n) is 8.45. The van der Waals surface area contributed by atoms with Gasteiger partial charge in [-0.15, -0.1) is 0 Å². The highest BCUT2D eigenvalue weighted by molar-refractivity contribution is 7.89. The summed E-state index contributed by atoms with van der Waals surface area (Å²) in [5, 5.41) is 2.87. The van der Waals surface area contributed by atoms with E-state index in [9.17, 15) is 13.2 Å². The Morgan fingerprint density at radius 3 is 2.43 bits per heavy atom. The number of ether oxygens (including phenoxy) is 1. The molecule has 1 aliphatic heterocycles. The van der Waals surface area contributed by atoms with E-state index in [0.717, 1.165) is 0 Å². The zero-order valence-electron chi connectivity index (χ0n) is 17.6. The molecule has 0 aliphatic carbocycles. The maximum atomic E-state index is 13.6. The van der Waals surface area contributed by atoms with Crippen LogP contribution in [0.4, 0.5) is 0 Å². The molecule has 1 atom stereocenters. The molecule has 1 aliphatic rings. The van der Waals surface area contributed by atoms with E-state index < -0.39 is 21.1 Å². The standard InChI is InChI=1S/C22H27N3O4S/c1-6-19(26)24-18-15-21(2,3)25(22(18,4)5)30(27,28)17-12-10-16(11-13-17)29-20-9-7-8-14-23-20/h6-14,18H,1,15H2,2-5H3,(H,24,26). The second-order valence-corrected chi connectivity index (χ2v) is 10.2. The largest absolute Gasteiger partial charge is 0.439 e. The molecule has 2 heterocycles. The minimum absolute atomic E-state index is 0.160. The van der Waals surface area contributed by atoms with Crippen LogP contribution < -0.4 is 10.1 Å². The predicted molar refractivity (Wildman–Crippen MR) is 115 cm³/mol. The van der Waals surface area contributed by atoms with Crippen molar-refractivity contribution < 1.29 is 17.9 Å². The van der Waals surface area contributed by atoms with E-state index in [0.29, 0.717) is 18.1 Å². The number of sulfonamides is 1. The Hall–Kier alpha value is -2.71. The maximum Gasteiger partial charge on any atom is 0.244 e. The number of amides is 1. The first-order chi connectivity index (χ1) is 14.0. The summed E-state index contributed by atoms with van der Waals surface area (Å²) >= 11 is 0. The van der Waals surface area contributed by atoms with Gasteiger partial charge in [-0.3, -0.25) is 4.79 Å². The van der Waals surface area contributed by atoms with Crippen molar-refractivity contribution in [2.24, 2.45) is 0 Å². The lowest BCUT2D eigenvalue weighted by Crippen LogP contribution is -2.56. The molecule has 160 valence electrons. The molecule has 0 saturated carbocycles. The topological polar surface area (TPSA) is 88.6 Å². The van der Waals surface area contributed by atoms with Crippen molar-refractivity contribution in [2.45, 2.75) is 56.1 Å². The van der Waals surface area contributed by atoms with Crippen molar-refractivity contribution >= 4 is 15.9 Å². The Labute approximate surface area is 177 Å². The molecule has 2 aromatic rings. The van der Waals surface area contributed by atoms with Crippen LogP contribution in [0.25, 0.3) is 0 Å². The highest BCUT2D eigenvalue weighted by Crippen LogP contribution is 2.45. The maximum absolute atomic E-state index is 13.6. The van der Waals surface area contributed by atoms with Crippen LogP contribution in [0, 0.1) is 0 Å². The zero-order valence-corrected chi connectivity index (χ0v) is 18.4. The minimum Gasteiger partial charge on any atom is -0.439 e. The van der Waals surface area contributed by atoms with E-state index in [-0.39, 0.29) is 16.8 Å². The highest BCUT2D eigenvalue weighted by atomic mass is 32.2. The van der Waals surface area contributed by atoms with Crippen LogP contribution in [0.5, 0.6) is 11.6 Å². The van der Waals surface area contributed by atoms with Gasteiger partial charge in [0.05, 0.1) is 10.4 Å². The summed E-state index contributed by atoms with van der Waals surface area (Å²) in [6.45, 7) is 10.9. The molecule has 7 nitrogen and oxygen atoms in total. The summed E-state index contributed by atoms with van der Waals surface area (Å²) < 4.78 is 34.3. The molecule has 1 fully saturated rings. The number of rotatable bonds is 6. The van der Waals surface area contributed by atoms with E-state index in [4.69, 9.17) is 4.74 Å². The van der Waals surface area contributed by atoms with E-state index in [2.05, 4.69) is 16.9 Å². The van der Waals surface area contributed by atoms with Crippen molar-refractivity contribution in [3.63, 3.8) is 0 Å². The molecule has 1 N–H and O–H groups in total. The van der Waals surface area contributed by atoms with E-state index in [1.165, 1.54) is 22.5 Å². The molecule has 1 amide bonds. The molecule has 1 aromatic carbocycles. The molecule has 3 rings (SSSR count). The first-order valence-corrected chi connectivity index (χ1v) is 11.1. The van der Waals surface area contributed by atoms with Crippen molar-refractivity contribution in [1.29, 1.82) is 0 Å². The Kier molecular flexibility index (Phi) is 5.75. The Morgan fingerprint density at radius 1 is 1.20 bits per heavy atom. The van der Waals surface area contributed by atoms with Gasteiger partial charge in [0.1, 0.15) is 5.75 Å². The van der Waals surface area contributed by atoms with Crippen LogP contribution in [-0.4, -0.2) is 40.7 Å². The number of nitrogens with one attached hydrogen (secondary N) is 1. The van der Waals surface area contributed by atoms with Crippen LogP contribution in [-0.2, 0) is 14.8 Å². The Bertz CT molecular complexity index is 1030. The van der Waals surface area contributed by atoms with E-state index in [1.807, 2.05) is 27.7 Å². The molecule has 8 heteroatoms. The summed E-state index contributed by atoms with van der Waals surface area (Å²) in [5.74, 6) is 0.596. The smallest absolute Gasteiger partial charge is 0.244 e. The number of pyridine rings is 1. The van der Waals surface area contributed by atoms with Gasteiger partial charge in [-0.1, -0.05) is 12.6 Å². The molecule has 1 saturated heterocycles. The summed E-state index contributed by atoms with van der Waals surface area (Å²) in [7, 11) is -3.83. The highest BCUT2D eigenvalue weighted by Gasteiger charge is 2.57. The van der Waals surface area contributed by atoms with Gasteiger partial charge in [0.2, 0.25) is 21.8 Å². The Morgan fingerprint density at radius 2 is 1.87 bits per heavy atom.